The van der Waals surface area contributed by atoms with E-state index >= 15 is 0 Å². The number of rotatable bonds is 11. The average Bonchev–Trinajstić information content (AvgIpc) is 3.15. The Balaban J connectivity index is 1.32. The van der Waals surface area contributed by atoms with Crippen molar-refractivity contribution >= 4 is 18.0 Å². The van der Waals surface area contributed by atoms with Gasteiger partial charge in [0.25, 0.3) is 0 Å². The molecule has 2 atom stereocenters. The second kappa shape index (κ2) is 11.3. The van der Waals surface area contributed by atoms with E-state index in [2.05, 4.69) is 22.9 Å². The SMILES string of the molecule is COCC(ONC(=O)C(CNC(=O)OCC1c2ccccc2-c2ccccc21)C1CCC1)C(=O)O. The van der Waals surface area contributed by atoms with Crippen molar-refractivity contribution < 1.29 is 33.8 Å². The smallest absolute Gasteiger partial charge is 0.407 e. The van der Waals surface area contributed by atoms with E-state index in [1.807, 2.05) is 36.4 Å². The molecule has 3 N–H and O–H groups in total. The number of methoxy groups -OCH3 is 1. The lowest BCUT2D eigenvalue weighted by Gasteiger charge is -2.32. The fourth-order valence-electron chi connectivity index (χ4n) is 4.67. The van der Waals surface area contributed by atoms with Gasteiger partial charge in [0.15, 0.2) is 0 Å². The third-order valence-corrected chi connectivity index (χ3v) is 6.76. The molecule has 2 aliphatic rings. The molecule has 0 aromatic heterocycles. The van der Waals surface area contributed by atoms with Crippen LogP contribution in [-0.4, -0.2) is 56.0 Å². The minimum atomic E-state index is -1.32. The van der Waals surface area contributed by atoms with Crippen molar-refractivity contribution in [3.8, 4) is 11.1 Å². The van der Waals surface area contributed by atoms with Crippen molar-refractivity contribution in [2.24, 2.45) is 11.8 Å². The molecule has 2 aromatic carbocycles. The normalized spacial score (nSPS) is 16.4. The minimum absolute atomic E-state index is 0.0546. The summed E-state index contributed by atoms with van der Waals surface area (Å²) >= 11 is 0. The van der Waals surface area contributed by atoms with Crippen LogP contribution in [-0.2, 0) is 23.9 Å². The van der Waals surface area contributed by atoms with E-state index in [1.165, 1.54) is 7.11 Å². The molecule has 9 nitrogen and oxygen atoms in total. The van der Waals surface area contributed by atoms with Crippen LogP contribution in [0, 0.1) is 11.8 Å². The molecule has 0 aliphatic heterocycles. The lowest BCUT2D eigenvalue weighted by atomic mass is 9.75. The summed E-state index contributed by atoms with van der Waals surface area (Å²) in [5.41, 5.74) is 6.76. The number of ether oxygens (including phenoxy) is 2. The van der Waals surface area contributed by atoms with Gasteiger partial charge < -0.3 is 19.9 Å². The molecule has 9 heteroatoms. The third kappa shape index (κ3) is 5.63. The summed E-state index contributed by atoms with van der Waals surface area (Å²) in [4.78, 5) is 41.4. The maximum Gasteiger partial charge on any atom is 0.407 e. The Hall–Kier alpha value is -3.43. The van der Waals surface area contributed by atoms with E-state index in [-0.39, 0.29) is 31.6 Å². The summed E-state index contributed by atoms with van der Waals surface area (Å²) in [5.74, 6) is -2.25. The first-order chi connectivity index (χ1) is 17.0. The fraction of sp³-hybridized carbons (Fsp3) is 0.423. The first-order valence-electron chi connectivity index (χ1n) is 11.8. The Kier molecular flexibility index (Phi) is 7.99. The monoisotopic (exact) mass is 482 g/mol. The number of hydrogen-bond acceptors (Lipinski definition) is 6. The summed E-state index contributed by atoms with van der Waals surface area (Å²) in [6, 6.07) is 16.2. The molecular weight excluding hydrogens is 452 g/mol. The van der Waals surface area contributed by atoms with Gasteiger partial charge in [0.1, 0.15) is 6.61 Å². The molecule has 2 unspecified atom stereocenters. The summed E-state index contributed by atoms with van der Waals surface area (Å²) < 4.78 is 10.4. The molecule has 0 heterocycles. The van der Waals surface area contributed by atoms with E-state index in [1.54, 1.807) is 0 Å². The Labute approximate surface area is 203 Å². The number of benzene rings is 2. The van der Waals surface area contributed by atoms with Gasteiger partial charge in [-0.05, 0) is 41.0 Å². The number of carbonyl (C=O) groups excluding carboxylic acids is 2. The zero-order chi connectivity index (χ0) is 24.8. The van der Waals surface area contributed by atoms with Crippen LogP contribution in [0.5, 0.6) is 0 Å². The maximum atomic E-state index is 12.7. The van der Waals surface area contributed by atoms with Crippen molar-refractivity contribution in [2.75, 3.05) is 26.9 Å². The predicted octanol–water partition coefficient (Wildman–Crippen LogP) is 3.09. The minimum Gasteiger partial charge on any atom is -0.479 e. The van der Waals surface area contributed by atoms with Crippen LogP contribution >= 0.6 is 0 Å². The van der Waals surface area contributed by atoms with Crippen LogP contribution < -0.4 is 10.8 Å². The molecule has 2 amide bonds. The van der Waals surface area contributed by atoms with Crippen LogP contribution in [0.25, 0.3) is 11.1 Å². The topological polar surface area (TPSA) is 123 Å². The van der Waals surface area contributed by atoms with Gasteiger partial charge in [-0.3, -0.25) is 9.63 Å². The van der Waals surface area contributed by atoms with Crippen LogP contribution in [0.4, 0.5) is 4.79 Å². The van der Waals surface area contributed by atoms with Crippen molar-refractivity contribution in [3.05, 3.63) is 59.7 Å². The molecule has 2 aromatic rings. The number of amides is 2. The summed E-state index contributed by atoms with van der Waals surface area (Å²) in [6.45, 7) is 0.0425. The number of hydrogen-bond donors (Lipinski definition) is 3. The zero-order valence-corrected chi connectivity index (χ0v) is 19.6. The quantitative estimate of drug-likeness (QED) is 0.421. The number of carbonyl (C=O) groups is 3. The standard InChI is InChI=1S/C26H30N2O7/c1-33-15-23(25(30)31)35-28-24(29)21(16-7-6-8-16)13-27-26(32)34-14-22-19-11-4-2-9-17(19)18-10-3-5-12-20(18)22/h2-5,9-12,16,21-23H,6-8,13-15H2,1H3,(H,27,32)(H,28,29)(H,30,31). The molecule has 0 spiro atoms. The van der Waals surface area contributed by atoms with Crippen LogP contribution in [0.2, 0.25) is 0 Å². The van der Waals surface area contributed by atoms with Gasteiger partial charge in [0.05, 0.1) is 12.5 Å². The molecule has 4 rings (SSSR count). The maximum absolute atomic E-state index is 12.7. The molecule has 0 radical (unpaired) electrons. The van der Waals surface area contributed by atoms with Crippen molar-refractivity contribution in [2.45, 2.75) is 31.3 Å². The molecule has 35 heavy (non-hydrogen) atoms. The highest BCUT2D eigenvalue weighted by Crippen LogP contribution is 2.44. The Morgan fingerprint density at radius 3 is 2.20 bits per heavy atom. The van der Waals surface area contributed by atoms with Gasteiger partial charge in [-0.1, -0.05) is 55.0 Å². The highest BCUT2D eigenvalue weighted by Gasteiger charge is 2.34. The van der Waals surface area contributed by atoms with E-state index in [9.17, 15) is 14.4 Å². The van der Waals surface area contributed by atoms with Crippen LogP contribution in [0.3, 0.4) is 0 Å². The number of alkyl carbamates (subject to hydrolysis) is 1. The Bertz CT molecular complexity index is 1020. The van der Waals surface area contributed by atoms with E-state index in [4.69, 9.17) is 19.4 Å². The van der Waals surface area contributed by atoms with E-state index in [0.29, 0.717) is 0 Å². The molecular formula is C26H30N2O7. The lowest BCUT2D eigenvalue weighted by molar-refractivity contribution is -0.167. The van der Waals surface area contributed by atoms with Gasteiger partial charge in [-0.15, -0.1) is 0 Å². The van der Waals surface area contributed by atoms with Gasteiger partial charge >= 0.3 is 12.1 Å². The highest BCUT2D eigenvalue weighted by molar-refractivity contribution is 5.80. The number of hydroxylamine groups is 1. The number of nitrogens with one attached hydrogen (secondary N) is 2. The molecule has 1 saturated carbocycles. The van der Waals surface area contributed by atoms with Gasteiger partial charge in [-0.2, -0.15) is 0 Å². The summed E-state index contributed by atoms with van der Waals surface area (Å²) in [6.07, 6.45) is 0.783. The Morgan fingerprint density at radius 1 is 1.03 bits per heavy atom. The second-order valence-corrected chi connectivity index (χ2v) is 8.87. The highest BCUT2D eigenvalue weighted by atomic mass is 16.7. The van der Waals surface area contributed by atoms with Crippen molar-refractivity contribution in [1.82, 2.24) is 10.8 Å². The summed E-state index contributed by atoms with van der Waals surface area (Å²) in [5, 5.41) is 11.8. The van der Waals surface area contributed by atoms with E-state index in [0.717, 1.165) is 41.5 Å². The predicted molar refractivity (Wildman–Crippen MR) is 126 cm³/mol. The number of carboxylic acids is 1. The molecule has 186 valence electrons. The van der Waals surface area contributed by atoms with Gasteiger partial charge in [0.2, 0.25) is 12.0 Å². The van der Waals surface area contributed by atoms with Gasteiger partial charge in [0, 0.05) is 19.6 Å². The van der Waals surface area contributed by atoms with Crippen molar-refractivity contribution in [1.29, 1.82) is 0 Å². The summed E-state index contributed by atoms with van der Waals surface area (Å²) in [7, 11) is 1.34. The first kappa shape index (κ1) is 24.7. The largest absolute Gasteiger partial charge is 0.479 e. The fourth-order valence-corrected chi connectivity index (χ4v) is 4.67. The van der Waals surface area contributed by atoms with Crippen LogP contribution in [0.1, 0.15) is 36.3 Å². The van der Waals surface area contributed by atoms with Crippen LogP contribution in [0.15, 0.2) is 48.5 Å². The molecule has 1 fully saturated rings. The Morgan fingerprint density at radius 2 is 1.66 bits per heavy atom. The third-order valence-electron chi connectivity index (χ3n) is 6.76. The number of fused-ring (bicyclic) bond motifs is 3. The average molecular weight is 483 g/mol. The number of aliphatic carboxylic acids is 1. The molecule has 2 aliphatic carbocycles. The first-order valence-corrected chi connectivity index (χ1v) is 11.8. The lowest BCUT2D eigenvalue weighted by Crippen LogP contribution is -2.46. The molecule has 0 bridgehead atoms. The molecule has 0 saturated heterocycles. The van der Waals surface area contributed by atoms with Gasteiger partial charge in [-0.25, -0.2) is 15.1 Å². The number of carboxylic acid groups (broad SMARTS) is 1. The van der Waals surface area contributed by atoms with Crippen molar-refractivity contribution in [3.63, 3.8) is 0 Å². The zero-order valence-electron chi connectivity index (χ0n) is 19.6. The van der Waals surface area contributed by atoms with E-state index < -0.39 is 30.0 Å². The second-order valence-electron chi connectivity index (χ2n) is 8.87.